The molecule has 0 saturated carbocycles. The Hall–Kier alpha value is -2.78. The Kier molecular flexibility index (Phi) is 6.39. The van der Waals surface area contributed by atoms with Gasteiger partial charge in [0.25, 0.3) is 0 Å². The zero-order chi connectivity index (χ0) is 20.9. The van der Waals surface area contributed by atoms with Gasteiger partial charge in [-0.1, -0.05) is 24.3 Å². The molecule has 0 bridgehead atoms. The third kappa shape index (κ3) is 5.22. The highest BCUT2D eigenvalue weighted by atomic mass is 32.2. The Bertz CT molecular complexity index is 1030. The van der Waals surface area contributed by atoms with Crippen molar-refractivity contribution in [3.63, 3.8) is 0 Å². The number of rotatable bonds is 5. The van der Waals surface area contributed by atoms with Crippen LogP contribution in [0.1, 0.15) is 25.0 Å². The molecule has 154 valence electrons. The molecular formula is C21H23N7S2. The van der Waals surface area contributed by atoms with E-state index in [2.05, 4.69) is 54.8 Å². The maximum atomic E-state index is 5.39. The summed E-state index contributed by atoms with van der Waals surface area (Å²) in [5, 5.41) is 8.18. The summed E-state index contributed by atoms with van der Waals surface area (Å²) >= 11 is 6.79. The van der Waals surface area contributed by atoms with Crippen molar-refractivity contribution in [1.29, 1.82) is 0 Å². The third-order valence-corrected chi connectivity index (χ3v) is 5.56. The summed E-state index contributed by atoms with van der Waals surface area (Å²) in [7, 11) is 0. The molecule has 3 heterocycles. The number of anilines is 2. The minimum Gasteiger partial charge on any atom is -0.360 e. The standard InChI is InChI=1S/C21H23N7S2/c1-14(2)24-20(29)27-19-25-17(12-18(26-19)30-21-22-9-5-10-23-21)28-11-8-15-6-3-4-7-16(15)13-28/h3-7,9-10,12,14H,8,11,13H2,1-2H3,(H2,24,25,26,27,29). The van der Waals surface area contributed by atoms with Crippen molar-refractivity contribution in [3.05, 3.63) is 59.9 Å². The van der Waals surface area contributed by atoms with E-state index in [0.29, 0.717) is 16.2 Å². The third-order valence-electron chi connectivity index (χ3n) is 4.53. The number of nitrogens with zero attached hydrogens (tertiary/aromatic N) is 5. The van der Waals surface area contributed by atoms with Crippen LogP contribution in [0.25, 0.3) is 0 Å². The first-order chi connectivity index (χ1) is 14.6. The maximum absolute atomic E-state index is 5.39. The number of fused-ring (bicyclic) bond motifs is 1. The van der Waals surface area contributed by atoms with Gasteiger partial charge in [0.15, 0.2) is 10.3 Å². The van der Waals surface area contributed by atoms with Crippen LogP contribution in [-0.2, 0) is 13.0 Å². The molecule has 9 heteroatoms. The average Bonchev–Trinajstić information content (AvgIpc) is 2.73. The van der Waals surface area contributed by atoms with Crippen molar-refractivity contribution in [3.8, 4) is 0 Å². The number of hydrogen-bond donors (Lipinski definition) is 2. The lowest BCUT2D eigenvalue weighted by atomic mass is 10.00. The van der Waals surface area contributed by atoms with Gasteiger partial charge in [-0.2, -0.15) is 4.98 Å². The Morgan fingerprint density at radius 1 is 1.10 bits per heavy atom. The van der Waals surface area contributed by atoms with E-state index in [9.17, 15) is 0 Å². The maximum Gasteiger partial charge on any atom is 0.232 e. The number of hydrogen-bond acceptors (Lipinski definition) is 7. The molecule has 0 spiro atoms. The molecule has 1 aromatic carbocycles. The van der Waals surface area contributed by atoms with Crippen LogP contribution in [0.3, 0.4) is 0 Å². The lowest BCUT2D eigenvalue weighted by Gasteiger charge is -2.30. The number of nitrogens with one attached hydrogen (secondary N) is 2. The van der Waals surface area contributed by atoms with Crippen molar-refractivity contribution in [2.75, 3.05) is 16.8 Å². The summed E-state index contributed by atoms with van der Waals surface area (Å²) in [6.07, 6.45) is 4.43. The van der Waals surface area contributed by atoms with Crippen LogP contribution < -0.4 is 15.5 Å². The smallest absolute Gasteiger partial charge is 0.232 e. The molecule has 2 N–H and O–H groups in total. The van der Waals surface area contributed by atoms with Gasteiger partial charge in [0, 0.05) is 37.6 Å². The van der Waals surface area contributed by atoms with Crippen molar-refractivity contribution < 1.29 is 0 Å². The van der Waals surface area contributed by atoms with Crippen molar-refractivity contribution in [2.24, 2.45) is 0 Å². The molecule has 2 aromatic heterocycles. The van der Waals surface area contributed by atoms with Gasteiger partial charge in [-0.25, -0.2) is 15.0 Å². The molecular weight excluding hydrogens is 414 g/mol. The van der Waals surface area contributed by atoms with Crippen molar-refractivity contribution in [1.82, 2.24) is 25.3 Å². The topological polar surface area (TPSA) is 78.9 Å². The van der Waals surface area contributed by atoms with E-state index in [1.807, 2.05) is 19.9 Å². The number of aromatic nitrogens is 4. The number of benzene rings is 1. The SMILES string of the molecule is CC(C)NC(=S)Nc1nc(Sc2ncccn2)cc(N2CCc3ccccc3C2)n1. The predicted octanol–water partition coefficient (Wildman–Crippen LogP) is 3.68. The molecule has 0 amide bonds. The summed E-state index contributed by atoms with van der Waals surface area (Å²) in [6.45, 7) is 5.77. The fourth-order valence-electron chi connectivity index (χ4n) is 3.21. The lowest BCUT2D eigenvalue weighted by Crippen LogP contribution is -2.35. The van der Waals surface area contributed by atoms with E-state index >= 15 is 0 Å². The van der Waals surface area contributed by atoms with Crippen LogP contribution in [0.5, 0.6) is 0 Å². The van der Waals surface area contributed by atoms with Crippen LogP contribution >= 0.6 is 24.0 Å². The second-order valence-electron chi connectivity index (χ2n) is 7.21. The molecule has 1 aliphatic heterocycles. The molecule has 1 aliphatic rings. The highest BCUT2D eigenvalue weighted by Gasteiger charge is 2.19. The minimum atomic E-state index is 0.221. The quantitative estimate of drug-likeness (QED) is 0.353. The van der Waals surface area contributed by atoms with Crippen LogP contribution in [0.4, 0.5) is 11.8 Å². The van der Waals surface area contributed by atoms with Crippen LogP contribution in [0.15, 0.2) is 59.0 Å². The fourth-order valence-corrected chi connectivity index (χ4v) is 4.24. The number of thiocarbonyl (C=S) groups is 1. The first-order valence-corrected chi connectivity index (χ1v) is 11.0. The molecule has 0 atom stereocenters. The van der Waals surface area contributed by atoms with E-state index in [1.54, 1.807) is 18.5 Å². The van der Waals surface area contributed by atoms with Crippen LogP contribution in [-0.4, -0.2) is 37.6 Å². The van der Waals surface area contributed by atoms with Gasteiger partial charge in [-0.05, 0) is 61.4 Å². The molecule has 0 radical (unpaired) electrons. The van der Waals surface area contributed by atoms with Gasteiger partial charge in [0.05, 0.1) is 0 Å². The second-order valence-corrected chi connectivity index (χ2v) is 8.61. The molecule has 30 heavy (non-hydrogen) atoms. The van der Waals surface area contributed by atoms with E-state index < -0.39 is 0 Å². The summed E-state index contributed by atoms with van der Waals surface area (Å²) in [6, 6.07) is 12.6. The summed E-state index contributed by atoms with van der Waals surface area (Å²) in [5.74, 6) is 1.32. The van der Waals surface area contributed by atoms with Gasteiger partial charge >= 0.3 is 0 Å². The van der Waals surface area contributed by atoms with E-state index in [0.717, 1.165) is 30.4 Å². The molecule has 0 aliphatic carbocycles. The highest BCUT2D eigenvalue weighted by Crippen LogP contribution is 2.29. The Morgan fingerprint density at radius 2 is 1.87 bits per heavy atom. The van der Waals surface area contributed by atoms with E-state index in [1.165, 1.54) is 22.9 Å². The zero-order valence-corrected chi connectivity index (χ0v) is 18.5. The van der Waals surface area contributed by atoms with Crippen LogP contribution in [0.2, 0.25) is 0 Å². The Morgan fingerprint density at radius 3 is 2.63 bits per heavy atom. The Labute approximate surface area is 185 Å². The normalized spacial score (nSPS) is 13.1. The highest BCUT2D eigenvalue weighted by molar-refractivity contribution is 7.99. The zero-order valence-electron chi connectivity index (χ0n) is 16.9. The average molecular weight is 438 g/mol. The summed E-state index contributed by atoms with van der Waals surface area (Å²) in [5.41, 5.74) is 2.73. The molecule has 7 nitrogen and oxygen atoms in total. The molecule has 4 rings (SSSR count). The monoisotopic (exact) mass is 437 g/mol. The molecule has 0 fully saturated rings. The first-order valence-electron chi connectivity index (χ1n) is 9.80. The van der Waals surface area contributed by atoms with E-state index in [4.69, 9.17) is 17.2 Å². The van der Waals surface area contributed by atoms with E-state index in [-0.39, 0.29) is 6.04 Å². The molecule has 0 saturated heterocycles. The van der Waals surface area contributed by atoms with Gasteiger partial charge in [0.1, 0.15) is 10.8 Å². The Balaban J connectivity index is 1.62. The van der Waals surface area contributed by atoms with Crippen molar-refractivity contribution >= 4 is 40.9 Å². The summed E-state index contributed by atoms with van der Waals surface area (Å²) < 4.78 is 0. The molecule has 0 unspecified atom stereocenters. The second kappa shape index (κ2) is 9.36. The first kappa shape index (κ1) is 20.5. The largest absolute Gasteiger partial charge is 0.360 e. The van der Waals surface area contributed by atoms with Gasteiger partial charge in [0.2, 0.25) is 5.95 Å². The van der Waals surface area contributed by atoms with Gasteiger partial charge in [-0.15, -0.1) is 0 Å². The lowest BCUT2D eigenvalue weighted by molar-refractivity contribution is 0.716. The van der Waals surface area contributed by atoms with Gasteiger partial charge < -0.3 is 15.5 Å². The molecule has 3 aromatic rings. The predicted molar refractivity (Wildman–Crippen MR) is 124 cm³/mol. The van der Waals surface area contributed by atoms with Gasteiger partial charge in [-0.3, -0.25) is 0 Å². The van der Waals surface area contributed by atoms with Crippen molar-refractivity contribution in [2.45, 2.75) is 43.0 Å². The summed E-state index contributed by atoms with van der Waals surface area (Å²) in [4.78, 5) is 20.2. The fraction of sp³-hybridized carbons (Fsp3) is 0.286. The minimum absolute atomic E-state index is 0.221. The van der Waals surface area contributed by atoms with Crippen LogP contribution in [0, 0.1) is 0 Å².